The standard InChI is InChI=1S/C55H32N4OS2/c1-2-12-32-30-45-40(27-31(32)11-1)35-13-3-7-17-43(35)59(45)44-24-23-39-37-15-5-10-20-49(37)62-52(39)51(44)55-57-53(33-21-25-47-41(28-33)36-14-4-8-18-46(36)60-47)56-54(58-55)34-22-26-50-42(29-34)38-16-6-9-19-48(38)61-50/h1-30,35,43H. The van der Waals surface area contributed by atoms with Crippen LogP contribution in [0.3, 0.4) is 0 Å². The van der Waals surface area contributed by atoms with Crippen LogP contribution in [0.5, 0.6) is 0 Å². The van der Waals surface area contributed by atoms with Crippen molar-refractivity contribution in [2.24, 2.45) is 0 Å². The van der Waals surface area contributed by atoms with E-state index in [4.69, 9.17) is 19.4 Å². The number of thiophene rings is 2. The fraction of sp³-hybridized carbons (Fsp3) is 0.0364. The third-order valence-electron chi connectivity index (χ3n) is 12.8. The molecule has 2 atom stereocenters. The second kappa shape index (κ2) is 13.0. The van der Waals surface area contributed by atoms with Gasteiger partial charge in [0.1, 0.15) is 11.2 Å². The minimum absolute atomic E-state index is 0.0734. The number of aromatic nitrogens is 3. The van der Waals surface area contributed by atoms with E-state index in [2.05, 4.69) is 169 Å². The Labute approximate surface area is 363 Å². The second-order valence-corrected chi connectivity index (χ2v) is 18.4. The maximum absolute atomic E-state index is 6.28. The van der Waals surface area contributed by atoms with E-state index in [1.54, 1.807) is 0 Å². The summed E-state index contributed by atoms with van der Waals surface area (Å²) in [5.41, 5.74) is 8.16. The second-order valence-electron chi connectivity index (χ2n) is 16.3. The molecule has 290 valence electrons. The van der Waals surface area contributed by atoms with Gasteiger partial charge in [-0.05, 0) is 89.1 Å². The molecular weight excluding hydrogens is 797 g/mol. The molecule has 0 amide bonds. The molecule has 0 saturated carbocycles. The van der Waals surface area contributed by atoms with Crippen molar-refractivity contribution in [3.05, 3.63) is 188 Å². The highest BCUT2D eigenvalue weighted by molar-refractivity contribution is 7.26. The highest BCUT2D eigenvalue weighted by atomic mass is 32.1. The summed E-state index contributed by atoms with van der Waals surface area (Å²) in [6.07, 6.45) is 9.09. The first-order chi connectivity index (χ1) is 30.7. The Morgan fingerprint density at radius 3 is 1.92 bits per heavy atom. The summed E-state index contributed by atoms with van der Waals surface area (Å²) in [7, 11) is 0. The van der Waals surface area contributed by atoms with Crippen LogP contribution in [0, 0.1) is 0 Å². The normalized spacial score (nSPS) is 15.9. The molecular formula is C55H32N4OS2. The lowest BCUT2D eigenvalue weighted by Gasteiger charge is -2.30. The van der Waals surface area contributed by atoms with E-state index in [1.165, 1.54) is 57.7 Å². The van der Waals surface area contributed by atoms with Crippen molar-refractivity contribution < 1.29 is 4.42 Å². The Morgan fingerprint density at radius 2 is 1.08 bits per heavy atom. The smallest absolute Gasteiger partial charge is 0.167 e. The maximum atomic E-state index is 6.28. The summed E-state index contributed by atoms with van der Waals surface area (Å²) >= 11 is 3.63. The molecule has 14 rings (SSSR count). The van der Waals surface area contributed by atoms with Crippen LogP contribution in [-0.2, 0) is 0 Å². The first kappa shape index (κ1) is 34.3. The molecule has 2 unspecified atom stereocenters. The predicted octanol–water partition coefficient (Wildman–Crippen LogP) is 15.4. The number of furan rings is 1. The molecule has 0 fully saturated rings. The van der Waals surface area contributed by atoms with Crippen molar-refractivity contribution in [2.75, 3.05) is 4.90 Å². The Morgan fingerprint density at radius 1 is 0.452 bits per heavy atom. The van der Waals surface area contributed by atoms with Crippen LogP contribution in [0.1, 0.15) is 11.5 Å². The number of hydrogen-bond donors (Lipinski definition) is 0. The van der Waals surface area contributed by atoms with Gasteiger partial charge in [0, 0.05) is 73.8 Å². The number of hydrogen-bond acceptors (Lipinski definition) is 7. The molecule has 0 bridgehead atoms. The molecule has 1 aliphatic heterocycles. The van der Waals surface area contributed by atoms with Gasteiger partial charge in [-0.15, -0.1) is 22.7 Å². The van der Waals surface area contributed by atoms with E-state index in [0.717, 1.165) is 49.0 Å². The van der Waals surface area contributed by atoms with Gasteiger partial charge in [0.15, 0.2) is 17.5 Å². The number of fused-ring (bicyclic) bond motifs is 13. The molecule has 0 saturated heterocycles. The van der Waals surface area contributed by atoms with Gasteiger partial charge in [-0.1, -0.05) is 109 Å². The van der Waals surface area contributed by atoms with E-state index in [0.29, 0.717) is 17.5 Å². The summed E-state index contributed by atoms with van der Waals surface area (Å²) in [6.45, 7) is 0. The van der Waals surface area contributed by atoms with Gasteiger partial charge in [0.2, 0.25) is 0 Å². The topological polar surface area (TPSA) is 55.1 Å². The molecule has 1 aliphatic carbocycles. The predicted molar refractivity (Wildman–Crippen MR) is 260 cm³/mol. The minimum Gasteiger partial charge on any atom is -0.456 e. The van der Waals surface area contributed by atoms with Gasteiger partial charge < -0.3 is 9.32 Å². The van der Waals surface area contributed by atoms with Crippen LogP contribution in [-0.4, -0.2) is 21.0 Å². The van der Waals surface area contributed by atoms with E-state index in [-0.39, 0.29) is 12.0 Å². The number of rotatable bonds is 4. The fourth-order valence-electron chi connectivity index (χ4n) is 9.97. The molecule has 12 aromatic rings. The van der Waals surface area contributed by atoms with E-state index >= 15 is 0 Å². The highest BCUT2D eigenvalue weighted by Crippen LogP contribution is 2.53. The molecule has 4 aromatic heterocycles. The number of allylic oxidation sites excluding steroid dienone is 2. The number of benzene rings is 8. The number of para-hydroxylation sites is 1. The van der Waals surface area contributed by atoms with Gasteiger partial charge in [-0.2, -0.15) is 0 Å². The molecule has 2 aliphatic rings. The monoisotopic (exact) mass is 828 g/mol. The zero-order chi connectivity index (χ0) is 40.5. The van der Waals surface area contributed by atoms with Crippen molar-refractivity contribution in [3.63, 3.8) is 0 Å². The van der Waals surface area contributed by atoms with Crippen LogP contribution in [0.15, 0.2) is 186 Å². The zero-order valence-electron chi connectivity index (χ0n) is 33.0. The number of anilines is 2. The summed E-state index contributed by atoms with van der Waals surface area (Å²) in [5, 5.41) is 9.43. The van der Waals surface area contributed by atoms with Crippen LogP contribution < -0.4 is 4.90 Å². The Kier molecular flexibility index (Phi) is 7.20. The average Bonchev–Trinajstić information content (AvgIpc) is 4.09. The van der Waals surface area contributed by atoms with E-state index in [9.17, 15) is 0 Å². The van der Waals surface area contributed by atoms with Gasteiger partial charge in [0.25, 0.3) is 0 Å². The molecule has 62 heavy (non-hydrogen) atoms. The SMILES string of the molecule is C1=CC2c3cc4ccccc4cc3N(c3ccc4c(sc5ccccc54)c3-c3nc(-c4ccc5oc6ccccc6c5c4)nc(-c4ccc5sc6ccccc6c5c4)n3)C2C=C1. The Bertz CT molecular complexity index is 3800. The third-order valence-corrected chi connectivity index (χ3v) is 15.2. The van der Waals surface area contributed by atoms with Crippen molar-refractivity contribution >= 4 is 107 Å². The number of nitrogens with zero attached hydrogens (tertiary/aromatic N) is 4. The summed E-state index contributed by atoms with van der Waals surface area (Å²) < 4.78 is 11.2. The van der Waals surface area contributed by atoms with Crippen LogP contribution >= 0.6 is 22.7 Å². The molecule has 0 spiro atoms. The molecule has 5 heterocycles. The summed E-state index contributed by atoms with van der Waals surface area (Å²) in [6, 6.07) is 56.6. The summed E-state index contributed by atoms with van der Waals surface area (Å²) in [4.78, 5) is 19.0. The molecule has 8 aromatic carbocycles. The molecule has 0 N–H and O–H groups in total. The van der Waals surface area contributed by atoms with Gasteiger partial charge in [-0.3, -0.25) is 0 Å². The maximum Gasteiger partial charge on any atom is 0.167 e. The molecule has 7 heteroatoms. The van der Waals surface area contributed by atoms with E-state index in [1.807, 2.05) is 40.9 Å². The molecule has 5 nitrogen and oxygen atoms in total. The minimum atomic E-state index is 0.0734. The van der Waals surface area contributed by atoms with Crippen LogP contribution in [0.25, 0.3) is 107 Å². The first-order valence-corrected chi connectivity index (χ1v) is 22.5. The lowest BCUT2D eigenvalue weighted by molar-refractivity contribution is 0.669. The Balaban J connectivity index is 1.07. The fourth-order valence-corrected chi connectivity index (χ4v) is 12.3. The lowest BCUT2D eigenvalue weighted by atomic mass is 9.90. The average molecular weight is 829 g/mol. The quantitative estimate of drug-likeness (QED) is 0.177. The van der Waals surface area contributed by atoms with Crippen molar-refractivity contribution in [1.29, 1.82) is 0 Å². The highest BCUT2D eigenvalue weighted by Gasteiger charge is 2.39. The van der Waals surface area contributed by atoms with Crippen LogP contribution in [0.2, 0.25) is 0 Å². The zero-order valence-corrected chi connectivity index (χ0v) is 34.6. The summed E-state index contributed by atoms with van der Waals surface area (Å²) in [5.74, 6) is 2.08. The third kappa shape index (κ3) is 5.03. The van der Waals surface area contributed by atoms with Crippen LogP contribution in [0.4, 0.5) is 11.4 Å². The first-order valence-electron chi connectivity index (χ1n) is 20.9. The van der Waals surface area contributed by atoms with Gasteiger partial charge in [0.05, 0.1) is 17.3 Å². The molecule has 0 radical (unpaired) electrons. The largest absolute Gasteiger partial charge is 0.456 e. The lowest BCUT2D eigenvalue weighted by Crippen LogP contribution is -2.29. The van der Waals surface area contributed by atoms with Crippen molar-refractivity contribution in [3.8, 4) is 34.2 Å². The van der Waals surface area contributed by atoms with E-state index < -0.39 is 0 Å². The Hall–Kier alpha value is -7.45. The van der Waals surface area contributed by atoms with Gasteiger partial charge in [-0.25, -0.2) is 15.0 Å². The van der Waals surface area contributed by atoms with Gasteiger partial charge >= 0.3 is 0 Å². The van der Waals surface area contributed by atoms with Crippen molar-refractivity contribution in [1.82, 2.24) is 15.0 Å². The van der Waals surface area contributed by atoms with Crippen molar-refractivity contribution in [2.45, 2.75) is 12.0 Å².